The normalized spacial score (nSPS) is 11.0. The van der Waals surface area contributed by atoms with Gasteiger partial charge in [-0.1, -0.05) is 12.1 Å². The maximum Gasteiger partial charge on any atom is 0.191 e. The van der Waals surface area contributed by atoms with Crippen molar-refractivity contribution in [3.8, 4) is 0 Å². The molecule has 0 atom stereocenters. The van der Waals surface area contributed by atoms with Crippen LogP contribution in [0, 0.1) is 5.82 Å². The summed E-state index contributed by atoms with van der Waals surface area (Å²) < 4.78 is 23.3. The number of halogens is 2. The van der Waals surface area contributed by atoms with E-state index in [1.807, 2.05) is 6.07 Å². The lowest BCUT2D eigenvalue weighted by Crippen LogP contribution is -2.37. The van der Waals surface area contributed by atoms with E-state index in [0.717, 1.165) is 18.5 Å². The summed E-state index contributed by atoms with van der Waals surface area (Å²) in [6.07, 6.45) is 0.879. The number of hydrogen-bond donors (Lipinski definition) is 2. The van der Waals surface area contributed by atoms with E-state index in [1.54, 1.807) is 20.2 Å². The molecular weight excluding hydrogens is 400 g/mol. The molecule has 7 heteroatoms. The molecule has 1 rings (SSSR count). The molecule has 0 aliphatic rings. The van der Waals surface area contributed by atoms with E-state index >= 15 is 0 Å². The fourth-order valence-electron chi connectivity index (χ4n) is 1.68. The Kier molecular flexibility index (Phi) is 13.1. The molecule has 0 fully saturated rings. The summed E-state index contributed by atoms with van der Waals surface area (Å²) in [5.74, 6) is 0.460. The predicted octanol–water partition coefficient (Wildman–Crippen LogP) is 2.16. The molecule has 0 heterocycles. The zero-order valence-corrected chi connectivity index (χ0v) is 15.4. The number of aliphatic imine (C=N–C) groups is 1. The topological polar surface area (TPSA) is 54.9 Å². The lowest BCUT2D eigenvalue weighted by atomic mass is 10.2. The van der Waals surface area contributed by atoms with Crippen LogP contribution in [0.25, 0.3) is 0 Å². The van der Waals surface area contributed by atoms with Gasteiger partial charge in [0.25, 0.3) is 0 Å². The first kappa shape index (κ1) is 21.1. The molecule has 0 aliphatic carbocycles. The minimum Gasteiger partial charge on any atom is -0.382 e. The van der Waals surface area contributed by atoms with Crippen LogP contribution in [0.2, 0.25) is 0 Å². The van der Waals surface area contributed by atoms with E-state index in [9.17, 15) is 4.39 Å². The maximum atomic E-state index is 13.1. The Morgan fingerprint density at radius 3 is 2.73 bits per heavy atom. The molecule has 126 valence electrons. The number of rotatable bonds is 9. The number of benzene rings is 1. The third-order valence-electron chi connectivity index (χ3n) is 2.76. The first-order chi connectivity index (χ1) is 10.3. The molecule has 0 unspecified atom stereocenters. The van der Waals surface area contributed by atoms with Crippen molar-refractivity contribution in [2.45, 2.75) is 13.0 Å². The highest BCUT2D eigenvalue weighted by Gasteiger charge is 1.99. The first-order valence-corrected chi connectivity index (χ1v) is 7.02. The lowest BCUT2D eigenvalue weighted by molar-refractivity contribution is 0.0698. The monoisotopic (exact) mass is 425 g/mol. The third kappa shape index (κ3) is 9.91. The average molecular weight is 425 g/mol. The first-order valence-electron chi connectivity index (χ1n) is 7.02. The molecule has 0 amide bonds. The molecule has 0 bridgehead atoms. The third-order valence-corrected chi connectivity index (χ3v) is 2.76. The van der Waals surface area contributed by atoms with Gasteiger partial charge in [0, 0.05) is 33.9 Å². The maximum absolute atomic E-state index is 13.1. The number of nitrogens with zero attached hydrogens (tertiary/aromatic N) is 1. The van der Waals surface area contributed by atoms with Crippen LogP contribution in [-0.4, -0.2) is 46.5 Å². The van der Waals surface area contributed by atoms with Gasteiger partial charge in [-0.15, -0.1) is 24.0 Å². The minimum atomic E-state index is -0.231. The van der Waals surface area contributed by atoms with Crippen molar-refractivity contribution in [3.05, 3.63) is 35.6 Å². The van der Waals surface area contributed by atoms with Gasteiger partial charge in [-0.3, -0.25) is 4.99 Å². The van der Waals surface area contributed by atoms with Gasteiger partial charge >= 0.3 is 0 Å². The smallest absolute Gasteiger partial charge is 0.191 e. The van der Waals surface area contributed by atoms with Crippen LogP contribution in [0.4, 0.5) is 4.39 Å². The summed E-state index contributed by atoms with van der Waals surface area (Å²) in [6, 6.07) is 6.50. The number of hydrogen-bond acceptors (Lipinski definition) is 3. The molecular formula is C15H25FIN3O2. The zero-order chi connectivity index (χ0) is 15.3. The zero-order valence-electron chi connectivity index (χ0n) is 13.1. The predicted molar refractivity (Wildman–Crippen MR) is 97.3 cm³/mol. The SMILES string of the molecule is CN=C(NCCCOCCOC)NCc1cccc(F)c1.I. The molecule has 5 nitrogen and oxygen atoms in total. The standard InChI is InChI=1S/C15H24FN3O2.HI/c1-17-15(18-7-4-8-21-10-9-20-2)19-12-13-5-3-6-14(16)11-13;/h3,5-6,11H,4,7-10,12H2,1-2H3,(H2,17,18,19);1H. The molecule has 1 aromatic rings. The molecule has 22 heavy (non-hydrogen) atoms. The highest BCUT2D eigenvalue weighted by molar-refractivity contribution is 14.0. The Morgan fingerprint density at radius 2 is 2.05 bits per heavy atom. The van der Waals surface area contributed by atoms with Crippen molar-refractivity contribution in [1.82, 2.24) is 10.6 Å². The quantitative estimate of drug-likeness (QED) is 0.276. The number of guanidine groups is 1. The van der Waals surface area contributed by atoms with Crippen molar-refractivity contribution in [2.24, 2.45) is 4.99 Å². The van der Waals surface area contributed by atoms with Gasteiger partial charge in [0.15, 0.2) is 5.96 Å². The minimum absolute atomic E-state index is 0. The van der Waals surface area contributed by atoms with Crippen LogP contribution in [-0.2, 0) is 16.0 Å². The van der Waals surface area contributed by atoms with E-state index in [4.69, 9.17) is 9.47 Å². The fraction of sp³-hybridized carbons (Fsp3) is 0.533. The van der Waals surface area contributed by atoms with Crippen molar-refractivity contribution < 1.29 is 13.9 Å². The summed E-state index contributed by atoms with van der Waals surface area (Å²) in [7, 11) is 3.36. The molecule has 0 aromatic heterocycles. The van der Waals surface area contributed by atoms with Crippen LogP contribution >= 0.6 is 24.0 Å². The van der Waals surface area contributed by atoms with Gasteiger partial charge in [-0.05, 0) is 24.1 Å². The molecule has 0 aliphatic heterocycles. The van der Waals surface area contributed by atoms with Crippen LogP contribution in [0.1, 0.15) is 12.0 Å². The molecule has 0 saturated heterocycles. The fourth-order valence-corrected chi connectivity index (χ4v) is 1.68. The Morgan fingerprint density at radius 1 is 1.23 bits per heavy atom. The van der Waals surface area contributed by atoms with Crippen molar-refractivity contribution in [2.75, 3.05) is 40.5 Å². The Balaban J connectivity index is 0.00000441. The van der Waals surface area contributed by atoms with E-state index in [-0.39, 0.29) is 29.8 Å². The van der Waals surface area contributed by atoms with Crippen LogP contribution in [0.3, 0.4) is 0 Å². The summed E-state index contributed by atoms with van der Waals surface area (Å²) in [5, 5.41) is 6.31. The van der Waals surface area contributed by atoms with Gasteiger partial charge in [-0.2, -0.15) is 0 Å². The molecule has 0 radical (unpaired) electrons. The Bertz CT molecular complexity index is 433. The molecule has 1 aromatic carbocycles. The van der Waals surface area contributed by atoms with Gasteiger partial charge in [-0.25, -0.2) is 4.39 Å². The van der Waals surface area contributed by atoms with Gasteiger partial charge in [0.2, 0.25) is 0 Å². The largest absolute Gasteiger partial charge is 0.382 e. The van der Waals surface area contributed by atoms with E-state index in [1.165, 1.54) is 12.1 Å². The second kappa shape index (κ2) is 13.7. The summed E-state index contributed by atoms with van der Waals surface area (Å²) in [4.78, 5) is 4.11. The second-order valence-electron chi connectivity index (χ2n) is 4.44. The Hall–Kier alpha value is -0.930. The van der Waals surface area contributed by atoms with Crippen LogP contribution in [0.5, 0.6) is 0 Å². The Labute approximate surface area is 148 Å². The highest BCUT2D eigenvalue weighted by atomic mass is 127. The van der Waals surface area contributed by atoms with Crippen molar-refractivity contribution >= 4 is 29.9 Å². The van der Waals surface area contributed by atoms with Crippen molar-refractivity contribution in [1.29, 1.82) is 0 Å². The average Bonchev–Trinajstić information content (AvgIpc) is 2.49. The van der Waals surface area contributed by atoms with Gasteiger partial charge < -0.3 is 20.1 Å². The van der Waals surface area contributed by atoms with Gasteiger partial charge in [0.05, 0.1) is 13.2 Å². The molecule has 2 N–H and O–H groups in total. The molecule has 0 saturated carbocycles. The lowest BCUT2D eigenvalue weighted by Gasteiger charge is -2.12. The van der Waals surface area contributed by atoms with Gasteiger partial charge in [0.1, 0.15) is 5.82 Å². The summed E-state index contributed by atoms with van der Waals surface area (Å²) >= 11 is 0. The molecule has 0 spiro atoms. The van der Waals surface area contributed by atoms with E-state index < -0.39 is 0 Å². The second-order valence-corrected chi connectivity index (χ2v) is 4.44. The number of methoxy groups -OCH3 is 1. The highest BCUT2D eigenvalue weighted by Crippen LogP contribution is 2.02. The van der Waals surface area contributed by atoms with E-state index in [0.29, 0.717) is 32.3 Å². The van der Waals surface area contributed by atoms with Crippen LogP contribution < -0.4 is 10.6 Å². The summed E-state index contributed by atoms with van der Waals surface area (Å²) in [5.41, 5.74) is 0.876. The van der Waals surface area contributed by atoms with Crippen molar-refractivity contribution in [3.63, 3.8) is 0 Å². The summed E-state index contributed by atoms with van der Waals surface area (Å²) in [6.45, 7) is 3.20. The van der Waals surface area contributed by atoms with E-state index in [2.05, 4.69) is 15.6 Å². The number of nitrogens with one attached hydrogen (secondary N) is 2. The van der Waals surface area contributed by atoms with Crippen LogP contribution in [0.15, 0.2) is 29.3 Å². The number of ether oxygens (including phenoxy) is 2.